The number of benzene rings is 1. The average molecular weight is 471 g/mol. The van der Waals surface area contributed by atoms with Gasteiger partial charge in [-0.25, -0.2) is 13.4 Å². The Bertz CT molecular complexity index is 1170. The summed E-state index contributed by atoms with van der Waals surface area (Å²) in [6.45, 7) is 2.61. The highest BCUT2D eigenvalue weighted by atomic mass is 32.2. The molecular formula is C22H26N6O4S. The number of hydrogen-bond acceptors (Lipinski definition) is 7. The Hall–Kier alpha value is -3.33. The molecule has 3 rings (SSSR count). The predicted octanol–water partition coefficient (Wildman–Crippen LogP) is 0.665. The number of anilines is 1. The Kier molecular flexibility index (Phi) is 7.75. The molecule has 1 aromatic heterocycles. The van der Waals surface area contributed by atoms with Crippen molar-refractivity contribution in [1.82, 2.24) is 19.1 Å². The van der Waals surface area contributed by atoms with E-state index in [4.69, 9.17) is 0 Å². The van der Waals surface area contributed by atoms with Gasteiger partial charge >= 0.3 is 0 Å². The van der Waals surface area contributed by atoms with Gasteiger partial charge in [0, 0.05) is 31.9 Å². The van der Waals surface area contributed by atoms with Gasteiger partial charge in [0.1, 0.15) is 11.9 Å². The average Bonchev–Trinajstić information content (AvgIpc) is 2.78. The first-order valence-corrected chi connectivity index (χ1v) is 11.8. The minimum absolute atomic E-state index is 0.0145. The summed E-state index contributed by atoms with van der Waals surface area (Å²) < 4.78 is 27.1. The zero-order valence-electron chi connectivity index (χ0n) is 18.6. The van der Waals surface area contributed by atoms with Gasteiger partial charge in [0.25, 0.3) is 0 Å². The van der Waals surface area contributed by atoms with E-state index in [2.05, 4.69) is 10.3 Å². The van der Waals surface area contributed by atoms with Crippen LogP contribution in [0, 0.1) is 18.3 Å². The summed E-state index contributed by atoms with van der Waals surface area (Å²) in [6.07, 6.45) is 0. The minimum Gasteiger partial charge on any atom is -0.339 e. The SMILES string of the molecule is Cc1cccc(NC(=O)CN(C)CC(=O)N2CCN(S(=O)(=O)c3ccccc3C#N)CC2)n1. The third kappa shape index (κ3) is 6.13. The smallest absolute Gasteiger partial charge is 0.244 e. The molecule has 2 aromatic rings. The lowest BCUT2D eigenvalue weighted by Crippen LogP contribution is -2.52. The fraction of sp³-hybridized carbons (Fsp3) is 0.364. The van der Waals surface area contributed by atoms with E-state index in [1.807, 2.05) is 19.1 Å². The van der Waals surface area contributed by atoms with Crippen molar-refractivity contribution in [3.63, 3.8) is 0 Å². The van der Waals surface area contributed by atoms with E-state index in [-0.39, 0.29) is 61.5 Å². The number of sulfonamides is 1. The molecule has 2 heterocycles. The molecule has 2 amide bonds. The summed E-state index contributed by atoms with van der Waals surface area (Å²) in [5.74, 6) is -0.0149. The molecule has 0 aliphatic carbocycles. The molecule has 1 N–H and O–H groups in total. The van der Waals surface area contributed by atoms with E-state index in [9.17, 15) is 23.3 Å². The molecule has 1 saturated heterocycles. The molecule has 0 atom stereocenters. The number of likely N-dealkylation sites (N-methyl/N-ethyl adjacent to an activating group) is 1. The lowest BCUT2D eigenvalue weighted by molar-refractivity contribution is -0.133. The Morgan fingerprint density at radius 2 is 1.79 bits per heavy atom. The Labute approximate surface area is 193 Å². The molecule has 0 unspecified atom stereocenters. The van der Waals surface area contributed by atoms with Gasteiger partial charge in [-0.05, 0) is 38.2 Å². The quantitative estimate of drug-likeness (QED) is 0.630. The first kappa shape index (κ1) is 24.3. The van der Waals surface area contributed by atoms with Crippen molar-refractivity contribution in [2.75, 3.05) is 51.6 Å². The molecule has 0 bridgehead atoms. The molecule has 1 fully saturated rings. The zero-order chi connectivity index (χ0) is 24.0. The van der Waals surface area contributed by atoms with E-state index < -0.39 is 10.0 Å². The van der Waals surface area contributed by atoms with E-state index in [0.29, 0.717) is 5.82 Å². The topological polar surface area (TPSA) is 127 Å². The van der Waals surface area contributed by atoms with Crippen LogP contribution >= 0.6 is 0 Å². The van der Waals surface area contributed by atoms with Crippen LogP contribution < -0.4 is 5.32 Å². The van der Waals surface area contributed by atoms with E-state index >= 15 is 0 Å². The van der Waals surface area contributed by atoms with Crippen LogP contribution in [0.5, 0.6) is 0 Å². The third-order valence-electron chi connectivity index (χ3n) is 5.19. The van der Waals surface area contributed by atoms with Gasteiger partial charge in [0.2, 0.25) is 21.8 Å². The van der Waals surface area contributed by atoms with Gasteiger partial charge in [0.05, 0.1) is 23.5 Å². The number of amides is 2. The van der Waals surface area contributed by atoms with Crippen molar-refractivity contribution in [3.8, 4) is 6.07 Å². The summed E-state index contributed by atoms with van der Waals surface area (Å²) in [4.78, 5) is 32.2. The van der Waals surface area contributed by atoms with Crippen molar-refractivity contribution in [1.29, 1.82) is 5.26 Å². The van der Waals surface area contributed by atoms with Crippen molar-refractivity contribution >= 4 is 27.7 Å². The summed E-state index contributed by atoms with van der Waals surface area (Å²) in [5.41, 5.74) is 0.880. The number of carbonyl (C=O) groups excluding carboxylic acids is 2. The van der Waals surface area contributed by atoms with Crippen molar-refractivity contribution in [3.05, 3.63) is 53.7 Å². The highest BCUT2D eigenvalue weighted by Crippen LogP contribution is 2.21. The largest absolute Gasteiger partial charge is 0.339 e. The maximum Gasteiger partial charge on any atom is 0.244 e. The van der Waals surface area contributed by atoms with Crippen LogP contribution in [0.15, 0.2) is 47.4 Å². The van der Waals surface area contributed by atoms with Crippen LogP contribution in [0.25, 0.3) is 0 Å². The van der Waals surface area contributed by atoms with Gasteiger partial charge in [-0.1, -0.05) is 18.2 Å². The number of carbonyl (C=O) groups is 2. The second-order valence-electron chi connectivity index (χ2n) is 7.78. The third-order valence-corrected chi connectivity index (χ3v) is 7.15. The first-order valence-electron chi connectivity index (χ1n) is 10.4. The Morgan fingerprint density at radius 3 is 2.45 bits per heavy atom. The van der Waals surface area contributed by atoms with Crippen molar-refractivity contribution in [2.24, 2.45) is 0 Å². The number of aryl methyl sites for hydroxylation is 1. The van der Waals surface area contributed by atoms with Crippen LogP contribution in [-0.2, 0) is 19.6 Å². The summed E-state index contributed by atoms with van der Waals surface area (Å²) >= 11 is 0. The second kappa shape index (κ2) is 10.5. The normalized spacial score (nSPS) is 14.7. The van der Waals surface area contributed by atoms with Gasteiger partial charge in [-0.15, -0.1) is 0 Å². The maximum atomic E-state index is 12.9. The number of nitrogens with one attached hydrogen (secondary N) is 1. The molecule has 0 spiro atoms. The summed E-state index contributed by atoms with van der Waals surface area (Å²) in [5, 5.41) is 11.9. The van der Waals surface area contributed by atoms with E-state index in [1.165, 1.54) is 16.4 Å². The van der Waals surface area contributed by atoms with Gasteiger partial charge < -0.3 is 10.2 Å². The highest BCUT2D eigenvalue weighted by molar-refractivity contribution is 7.89. The van der Waals surface area contributed by atoms with Crippen LogP contribution in [0.2, 0.25) is 0 Å². The number of nitriles is 1. The minimum atomic E-state index is -3.82. The molecule has 174 valence electrons. The molecule has 0 saturated carbocycles. The van der Waals surface area contributed by atoms with Crippen LogP contribution in [-0.4, -0.2) is 85.6 Å². The number of aromatic nitrogens is 1. The standard InChI is InChI=1S/C22H26N6O4S/c1-17-6-5-9-20(24-17)25-21(29)15-26(2)16-22(30)27-10-12-28(13-11-27)33(31,32)19-8-4-3-7-18(19)14-23/h3-9H,10-13,15-16H2,1-2H3,(H,24,25,29). The predicted molar refractivity (Wildman–Crippen MR) is 122 cm³/mol. The van der Waals surface area contributed by atoms with Gasteiger partial charge in [-0.3, -0.25) is 14.5 Å². The Balaban J connectivity index is 1.51. The van der Waals surface area contributed by atoms with E-state index in [1.54, 1.807) is 41.1 Å². The zero-order valence-corrected chi connectivity index (χ0v) is 19.4. The number of piperazine rings is 1. The Morgan fingerprint density at radius 1 is 1.09 bits per heavy atom. The molecule has 11 heteroatoms. The molecule has 1 aliphatic heterocycles. The number of hydrogen-bond donors (Lipinski definition) is 1. The van der Waals surface area contributed by atoms with Crippen LogP contribution in [0.4, 0.5) is 5.82 Å². The van der Waals surface area contributed by atoms with Gasteiger partial charge in [0.15, 0.2) is 0 Å². The lowest BCUT2D eigenvalue weighted by Gasteiger charge is -2.34. The number of rotatable bonds is 7. The molecule has 33 heavy (non-hydrogen) atoms. The summed E-state index contributed by atoms with van der Waals surface area (Å²) in [7, 11) is -2.15. The highest BCUT2D eigenvalue weighted by Gasteiger charge is 2.31. The first-order chi connectivity index (χ1) is 15.7. The monoisotopic (exact) mass is 470 g/mol. The number of pyridine rings is 1. The van der Waals surface area contributed by atoms with E-state index in [0.717, 1.165) is 5.69 Å². The maximum absolute atomic E-state index is 12.9. The molecule has 1 aromatic carbocycles. The summed E-state index contributed by atoms with van der Waals surface area (Å²) in [6, 6.07) is 13.3. The second-order valence-corrected chi connectivity index (χ2v) is 9.68. The lowest BCUT2D eigenvalue weighted by atomic mass is 10.2. The van der Waals surface area contributed by atoms with Crippen LogP contribution in [0.1, 0.15) is 11.3 Å². The fourth-order valence-corrected chi connectivity index (χ4v) is 5.09. The number of nitrogens with zero attached hydrogens (tertiary/aromatic N) is 5. The molecule has 1 aliphatic rings. The fourth-order valence-electron chi connectivity index (χ4n) is 3.53. The van der Waals surface area contributed by atoms with Crippen molar-refractivity contribution < 1.29 is 18.0 Å². The van der Waals surface area contributed by atoms with Crippen LogP contribution in [0.3, 0.4) is 0 Å². The molecule has 10 nitrogen and oxygen atoms in total. The molecular weight excluding hydrogens is 444 g/mol. The van der Waals surface area contributed by atoms with Gasteiger partial charge in [-0.2, -0.15) is 9.57 Å². The van der Waals surface area contributed by atoms with Crippen molar-refractivity contribution in [2.45, 2.75) is 11.8 Å². The molecule has 0 radical (unpaired) electrons.